The first-order chi connectivity index (χ1) is 5.83. The Labute approximate surface area is 75.7 Å². The smallest absolute Gasteiger partial charge is 0.0110 e. The van der Waals surface area contributed by atoms with Crippen LogP contribution >= 0.6 is 0 Å². The molecule has 3 nitrogen and oxygen atoms in total. The molecule has 0 amide bonds. The molecule has 1 saturated heterocycles. The number of rotatable bonds is 1. The van der Waals surface area contributed by atoms with Crippen LogP contribution in [0.25, 0.3) is 0 Å². The third-order valence-corrected chi connectivity index (χ3v) is 2.52. The standard InChI is InChI=1S/C9H21N3/c1-3-12-7-5-10-4-6-11(2)8-9-12/h10H,3-9H2,1-2H3. The fourth-order valence-corrected chi connectivity index (χ4v) is 1.48. The Balaban J connectivity index is 2.29. The second-order valence-electron chi connectivity index (χ2n) is 3.49. The largest absolute Gasteiger partial charge is 0.314 e. The maximum Gasteiger partial charge on any atom is 0.0110 e. The highest BCUT2D eigenvalue weighted by molar-refractivity contribution is 4.65. The lowest BCUT2D eigenvalue weighted by atomic mass is 10.4. The van der Waals surface area contributed by atoms with Gasteiger partial charge in [-0.25, -0.2) is 0 Å². The van der Waals surface area contributed by atoms with Crippen LogP contribution in [-0.4, -0.2) is 62.7 Å². The van der Waals surface area contributed by atoms with Gasteiger partial charge in [-0.3, -0.25) is 0 Å². The molecule has 0 bridgehead atoms. The van der Waals surface area contributed by atoms with E-state index in [0.29, 0.717) is 0 Å². The first kappa shape index (κ1) is 9.96. The third kappa shape index (κ3) is 3.52. The summed E-state index contributed by atoms with van der Waals surface area (Å²) in [4.78, 5) is 4.88. The van der Waals surface area contributed by atoms with Crippen molar-refractivity contribution < 1.29 is 0 Å². The molecule has 0 atom stereocenters. The van der Waals surface area contributed by atoms with Gasteiger partial charge >= 0.3 is 0 Å². The minimum atomic E-state index is 1.13. The van der Waals surface area contributed by atoms with Crippen LogP contribution in [0.3, 0.4) is 0 Å². The maximum atomic E-state index is 3.44. The Morgan fingerprint density at radius 3 is 2.58 bits per heavy atom. The first-order valence-electron chi connectivity index (χ1n) is 4.94. The Bertz CT molecular complexity index is 116. The van der Waals surface area contributed by atoms with Gasteiger partial charge < -0.3 is 15.1 Å². The van der Waals surface area contributed by atoms with Gasteiger partial charge in [0, 0.05) is 39.3 Å². The van der Waals surface area contributed by atoms with Gasteiger partial charge in [-0.15, -0.1) is 0 Å². The van der Waals surface area contributed by atoms with Crippen molar-refractivity contribution >= 4 is 0 Å². The number of likely N-dealkylation sites (N-methyl/N-ethyl adjacent to an activating group) is 2. The van der Waals surface area contributed by atoms with E-state index < -0.39 is 0 Å². The van der Waals surface area contributed by atoms with E-state index >= 15 is 0 Å². The SMILES string of the molecule is CCN1CCNCCN(C)CC1. The predicted octanol–water partition coefficient (Wildman–Crippen LogP) is -0.157. The van der Waals surface area contributed by atoms with Crippen LogP contribution in [0.4, 0.5) is 0 Å². The third-order valence-electron chi connectivity index (χ3n) is 2.52. The van der Waals surface area contributed by atoms with Gasteiger partial charge in [-0.1, -0.05) is 6.92 Å². The molecule has 12 heavy (non-hydrogen) atoms. The van der Waals surface area contributed by atoms with Crippen molar-refractivity contribution in [3.8, 4) is 0 Å². The number of hydrogen-bond acceptors (Lipinski definition) is 3. The van der Waals surface area contributed by atoms with Gasteiger partial charge in [0.05, 0.1) is 0 Å². The average molecular weight is 171 g/mol. The van der Waals surface area contributed by atoms with Crippen LogP contribution in [0.1, 0.15) is 6.92 Å². The van der Waals surface area contributed by atoms with Crippen LogP contribution in [0.5, 0.6) is 0 Å². The van der Waals surface area contributed by atoms with E-state index in [1.54, 1.807) is 0 Å². The normalized spacial score (nSPS) is 24.5. The molecule has 0 aliphatic carbocycles. The van der Waals surface area contributed by atoms with Gasteiger partial charge in [-0.2, -0.15) is 0 Å². The molecule has 0 saturated carbocycles. The Hall–Kier alpha value is -0.120. The molecule has 1 rings (SSSR count). The second-order valence-corrected chi connectivity index (χ2v) is 3.49. The molecule has 72 valence electrons. The summed E-state index contributed by atoms with van der Waals surface area (Å²) in [5, 5.41) is 3.44. The molecule has 0 unspecified atom stereocenters. The lowest BCUT2D eigenvalue weighted by molar-refractivity contribution is 0.251. The molecular weight excluding hydrogens is 150 g/mol. The summed E-state index contributed by atoms with van der Waals surface area (Å²) >= 11 is 0. The number of nitrogens with zero attached hydrogens (tertiary/aromatic N) is 2. The van der Waals surface area contributed by atoms with Crippen molar-refractivity contribution in [3.05, 3.63) is 0 Å². The Kier molecular flexibility index (Phi) is 4.58. The highest BCUT2D eigenvalue weighted by Gasteiger charge is 2.06. The summed E-state index contributed by atoms with van der Waals surface area (Å²) in [6.07, 6.45) is 0. The highest BCUT2D eigenvalue weighted by Crippen LogP contribution is 1.91. The quantitative estimate of drug-likeness (QED) is 0.591. The molecule has 0 spiro atoms. The monoisotopic (exact) mass is 171 g/mol. The van der Waals surface area contributed by atoms with Crippen LogP contribution in [-0.2, 0) is 0 Å². The first-order valence-corrected chi connectivity index (χ1v) is 4.94. The highest BCUT2D eigenvalue weighted by atomic mass is 15.2. The molecule has 0 aromatic carbocycles. The molecule has 1 N–H and O–H groups in total. The van der Waals surface area contributed by atoms with Crippen LogP contribution in [0.2, 0.25) is 0 Å². The zero-order chi connectivity index (χ0) is 8.81. The summed E-state index contributed by atoms with van der Waals surface area (Å²) in [6.45, 7) is 10.5. The van der Waals surface area contributed by atoms with Gasteiger partial charge in [0.15, 0.2) is 0 Å². The van der Waals surface area contributed by atoms with E-state index in [1.165, 1.54) is 32.7 Å². The zero-order valence-electron chi connectivity index (χ0n) is 8.34. The van der Waals surface area contributed by atoms with E-state index in [-0.39, 0.29) is 0 Å². The average Bonchev–Trinajstić information content (AvgIpc) is 2.17. The van der Waals surface area contributed by atoms with Crippen molar-refractivity contribution in [2.75, 3.05) is 52.9 Å². The summed E-state index contributed by atoms with van der Waals surface area (Å²) in [7, 11) is 2.20. The predicted molar refractivity (Wildman–Crippen MR) is 52.5 cm³/mol. The lowest BCUT2D eigenvalue weighted by Crippen LogP contribution is -2.34. The summed E-state index contributed by atoms with van der Waals surface area (Å²) < 4.78 is 0. The van der Waals surface area contributed by atoms with Gasteiger partial charge in [0.1, 0.15) is 0 Å². The van der Waals surface area contributed by atoms with Crippen LogP contribution in [0, 0.1) is 0 Å². The van der Waals surface area contributed by atoms with Crippen LogP contribution in [0.15, 0.2) is 0 Å². The molecule has 3 heteroatoms. The minimum Gasteiger partial charge on any atom is -0.314 e. The molecule has 1 heterocycles. The molecule has 1 aliphatic rings. The topological polar surface area (TPSA) is 18.5 Å². The van der Waals surface area contributed by atoms with Gasteiger partial charge in [0.25, 0.3) is 0 Å². The van der Waals surface area contributed by atoms with Crippen molar-refractivity contribution in [3.63, 3.8) is 0 Å². The molecule has 1 aliphatic heterocycles. The zero-order valence-corrected chi connectivity index (χ0v) is 8.34. The minimum absolute atomic E-state index is 1.13. The van der Waals surface area contributed by atoms with Crippen molar-refractivity contribution in [1.82, 2.24) is 15.1 Å². The van der Waals surface area contributed by atoms with Crippen LogP contribution < -0.4 is 5.32 Å². The fraction of sp³-hybridized carbons (Fsp3) is 1.00. The molecule has 1 fully saturated rings. The maximum absolute atomic E-state index is 3.44. The van der Waals surface area contributed by atoms with E-state index in [1.807, 2.05) is 0 Å². The van der Waals surface area contributed by atoms with Gasteiger partial charge in [0.2, 0.25) is 0 Å². The molecule has 0 aromatic rings. The number of hydrogen-bond donors (Lipinski definition) is 1. The summed E-state index contributed by atoms with van der Waals surface area (Å²) in [5.41, 5.74) is 0. The van der Waals surface area contributed by atoms with E-state index in [2.05, 4.69) is 29.1 Å². The summed E-state index contributed by atoms with van der Waals surface area (Å²) in [6, 6.07) is 0. The lowest BCUT2D eigenvalue weighted by Gasteiger charge is -2.21. The van der Waals surface area contributed by atoms with Gasteiger partial charge in [-0.05, 0) is 13.6 Å². The summed E-state index contributed by atoms with van der Waals surface area (Å²) in [5.74, 6) is 0. The Morgan fingerprint density at radius 2 is 1.83 bits per heavy atom. The molecule has 0 radical (unpaired) electrons. The van der Waals surface area contributed by atoms with E-state index in [9.17, 15) is 0 Å². The molecular formula is C9H21N3. The van der Waals surface area contributed by atoms with Crippen molar-refractivity contribution in [2.24, 2.45) is 0 Å². The molecule has 0 aromatic heterocycles. The van der Waals surface area contributed by atoms with Crippen molar-refractivity contribution in [2.45, 2.75) is 6.92 Å². The van der Waals surface area contributed by atoms with E-state index in [4.69, 9.17) is 0 Å². The number of nitrogens with one attached hydrogen (secondary N) is 1. The fourth-order valence-electron chi connectivity index (χ4n) is 1.48. The van der Waals surface area contributed by atoms with E-state index in [0.717, 1.165) is 13.1 Å². The second kappa shape index (κ2) is 5.51. The van der Waals surface area contributed by atoms with Crippen molar-refractivity contribution in [1.29, 1.82) is 0 Å². The Morgan fingerprint density at radius 1 is 1.08 bits per heavy atom.